The minimum absolute atomic E-state index is 0.239. The summed E-state index contributed by atoms with van der Waals surface area (Å²) in [4.78, 5) is 22.9. The second kappa shape index (κ2) is 7.69. The van der Waals surface area contributed by atoms with Crippen LogP contribution in [0.5, 0.6) is 0 Å². The number of nitrogens with one attached hydrogen (secondary N) is 2. The van der Waals surface area contributed by atoms with Crippen LogP contribution in [-0.2, 0) is 16.1 Å². The van der Waals surface area contributed by atoms with E-state index in [1.165, 1.54) is 0 Å². The Bertz CT molecular complexity index is 582. The van der Waals surface area contributed by atoms with Crippen LogP contribution in [0.15, 0.2) is 16.6 Å². The van der Waals surface area contributed by atoms with Crippen molar-refractivity contribution in [3.63, 3.8) is 0 Å². The van der Waals surface area contributed by atoms with Gasteiger partial charge in [-0.25, -0.2) is 19.0 Å². The van der Waals surface area contributed by atoms with E-state index in [-0.39, 0.29) is 16.6 Å². The Balaban J connectivity index is 2.70. The van der Waals surface area contributed by atoms with E-state index >= 15 is 0 Å². The van der Waals surface area contributed by atoms with Gasteiger partial charge in [0, 0.05) is 22.0 Å². The molecule has 1 unspecified atom stereocenters. The van der Waals surface area contributed by atoms with Crippen LogP contribution in [0, 0.1) is 17.0 Å². The van der Waals surface area contributed by atoms with Crippen molar-refractivity contribution in [2.75, 3.05) is 0 Å². The molecule has 0 fully saturated rings. The third-order valence-electron chi connectivity index (χ3n) is 2.84. The predicted octanol–water partition coefficient (Wildman–Crippen LogP) is 2.36. The number of nitrogens with two attached hydrogens (primary N) is 1. The monoisotopic (exact) mass is 393 g/mol. The highest BCUT2D eigenvalue weighted by Crippen LogP contribution is 2.22. The first-order chi connectivity index (χ1) is 10.5. The van der Waals surface area contributed by atoms with Crippen molar-refractivity contribution in [1.82, 2.24) is 10.9 Å². The second-order valence-corrected chi connectivity index (χ2v) is 6.79. The Hall–Kier alpha value is -1.74. The SMILES string of the molecule is CC(C)(C)C(OC(N)=O)C(=O)NNCc1c(F)cc(Br)cc1F. The van der Waals surface area contributed by atoms with E-state index in [4.69, 9.17) is 10.5 Å². The minimum Gasteiger partial charge on any atom is -0.436 e. The molecule has 0 spiro atoms. The normalized spacial score (nSPS) is 12.6. The number of rotatable bonds is 5. The van der Waals surface area contributed by atoms with Crippen LogP contribution in [0.3, 0.4) is 0 Å². The van der Waals surface area contributed by atoms with Crippen LogP contribution >= 0.6 is 15.9 Å². The van der Waals surface area contributed by atoms with Gasteiger partial charge < -0.3 is 10.5 Å². The largest absolute Gasteiger partial charge is 0.436 e. The fraction of sp³-hybridized carbons (Fsp3) is 0.429. The average Bonchev–Trinajstić information content (AvgIpc) is 2.37. The van der Waals surface area contributed by atoms with E-state index in [2.05, 4.69) is 26.8 Å². The Kier molecular flexibility index (Phi) is 6.46. The number of hydrazine groups is 1. The zero-order chi connectivity index (χ0) is 17.8. The average molecular weight is 394 g/mol. The lowest BCUT2D eigenvalue weighted by Crippen LogP contribution is -2.50. The minimum atomic E-state index is -1.16. The van der Waals surface area contributed by atoms with Gasteiger partial charge >= 0.3 is 6.09 Å². The molecule has 0 aliphatic rings. The van der Waals surface area contributed by atoms with Crippen molar-refractivity contribution >= 4 is 27.9 Å². The molecular formula is C14H18BrF2N3O3. The quantitative estimate of drug-likeness (QED) is 0.669. The molecule has 9 heteroatoms. The summed E-state index contributed by atoms with van der Waals surface area (Å²) in [6.45, 7) is 4.74. The van der Waals surface area contributed by atoms with Gasteiger partial charge in [-0.1, -0.05) is 36.7 Å². The van der Waals surface area contributed by atoms with Gasteiger partial charge in [0.25, 0.3) is 5.91 Å². The van der Waals surface area contributed by atoms with Crippen LogP contribution in [0.2, 0.25) is 0 Å². The van der Waals surface area contributed by atoms with Gasteiger partial charge in [0.15, 0.2) is 6.10 Å². The zero-order valence-electron chi connectivity index (χ0n) is 12.9. The number of hydrogen-bond donors (Lipinski definition) is 3. The molecule has 0 aromatic heterocycles. The van der Waals surface area contributed by atoms with Crippen LogP contribution < -0.4 is 16.6 Å². The van der Waals surface area contributed by atoms with Gasteiger partial charge in [-0.15, -0.1) is 0 Å². The van der Waals surface area contributed by atoms with Crippen LogP contribution in [0.25, 0.3) is 0 Å². The van der Waals surface area contributed by atoms with Gasteiger partial charge in [-0.2, -0.15) is 0 Å². The molecule has 1 aromatic rings. The molecule has 0 aliphatic heterocycles. The predicted molar refractivity (Wildman–Crippen MR) is 83.0 cm³/mol. The van der Waals surface area contributed by atoms with Gasteiger partial charge in [0.05, 0.1) is 0 Å². The first kappa shape index (κ1) is 19.3. The molecule has 0 heterocycles. The summed E-state index contributed by atoms with van der Waals surface area (Å²) >= 11 is 2.97. The maximum atomic E-state index is 13.6. The number of primary amides is 1. The van der Waals surface area contributed by atoms with Crippen molar-refractivity contribution in [3.8, 4) is 0 Å². The molecule has 6 nitrogen and oxygen atoms in total. The number of hydrogen-bond acceptors (Lipinski definition) is 4. The van der Waals surface area contributed by atoms with Crippen molar-refractivity contribution in [2.45, 2.75) is 33.4 Å². The fourth-order valence-electron chi connectivity index (χ4n) is 1.77. The highest BCUT2D eigenvalue weighted by Gasteiger charge is 2.34. The third-order valence-corrected chi connectivity index (χ3v) is 3.30. The van der Waals surface area contributed by atoms with E-state index in [0.29, 0.717) is 0 Å². The summed E-state index contributed by atoms with van der Waals surface area (Å²) in [6, 6.07) is 2.21. The van der Waals surface area contributed by atoms with E-state index in [9.17, 15) is 18.4 Å². The van der Waals surface area contributed by atoms with Crippen molar-refractivity contribution in [1.29, 1.82) is 0 Å². The summed E-state index contributed by atoms with van der Waals surface area (Å²) in [6.07, 6.45) is -2.25. The van der Waals surface area contributed by atoms with Crippen LogP contribution in [0.1, 0.15) is 26.3 Å². The molecule has 0 saturated heterocycles. The number of benzene rings is 1. The van der Waals surface area contributed by atoms with Gasteiger partial charge in [-0.3, -0.25) is 10.2 Å². The first-order valence-corrected chi connectivity index (χ1v) is 7.44. The third kappa shape index (κ3) is 5.76. The molecule has 1 atom stereocenters. The molecule has 23 heavy (non-hydrogen) atoms. The van der Waals surface area contributed by atoms with Gasteiger partial charge in [0.1, 0.15) is 11.6 Å². The molecule has 0 aliphatic carbocycles. The second-order valence-electron chi connectivity index (χ2n) is 5.87. The molecule has 2 amide bonds. The zero-order valence-corrected chi connectivity index (χ0v) is 14.5. The number of carbonyl (C=O) groups is 2. The Labute approximate surface area is 140 Å². The Morgan fingerprint density at radius 2 is 1.83 bits per heavy atom. The lowest BCUT2D eigenvalue weighted by molar-refractivity contribution is -0.135. The van der Waals surface area contributed by atoms with E-state index in [0.717, 1.165) is 12.1 Å². The molecule has 1 aromatic carbocycles. The highest BCUT2D eigenvalue weighted by atomic mass is 79.9. The van der Waals surface area contributed by atoms with Crippen molar-refractivity contribution in [2.24, 2.45) is 11.1 Å². The summed E-state index contributed by atoms with van der Waals surface area (Å²) in [5.74, 6) is -2.21. The number of carbonyl (C=O) groups excluding carboxylic acids is 2. The fourth-order valence-corrected chi connectivity index (χ4v) is 2.17. The van der Waals surface area contributed by atoms with E-state index in [1.54, 1.807) is 20.8 Å². The molecule has 4 N–H and O–H groups in total. The Morgan fingerprint density at radius 1 is 1.30 bits per heavy atom. The first-order valence-electron chi connectivity index (χ1n) is 6.64. The van der Waals surface area contributed by atoms with Gasteiger partial charge in [-0.05, 0) is 12.1 Å². The maximum absolute atomic E-state index is 13.6. The van der Waals surface area contributed by atoms with E-state index in [1.807, 2.05) is 0 Å². The Morgan fingerprint density at radius 3 is 2.26 bits per heavy atom. The van der Waals surface area contributed by atoms with Crippen molar-refractivity contribution in [3.05, 3.63) is 33.8 Å². The number of amides is 2. The van der Waals surface area contributed by atoms with Crippen LogP contribution in [-0.4, -0.2) is 18.1 Å². The molecule has 1 rings (SSSR count). The molecule has 0 bridgehead atoms. The number of halogens is 3. The highest BCUT2D eigenvalue weighted by molar-refractivity contribution is 9.10. The summed E-state index contributed by atoms with van der Waals surface area (Å²) in [5.41, 5.74) is 8.63. The summed E-state index contributed by atoms with van der Waals surface area (Å²) in [7, 11) is 0. The van der Waals surface area contributed by atoms with Gasteiger partial charge in [0.2, 0.25) is 0 Å². The number of ether oxygens (including phenoxy) is 1. The standard InChI is InChI=1S/C14H18BrF2N3O3/c1-14(2,3)11(23-13(18)22)12(21)20-19-6-8-9(16)4-7(15)5-10(8)17/h4-5,11,19H,6H2,1-3H3,(H2,18,22)(H,20,21). The van der Waals surface area contributed by atoms with E-state index < -0.39 is 35.2 Å². The molecule has 0 radical (unpaired) electrons. The summed E-state index contributed by atoms with van der Waals surface area (Å²) < 4.78 is 32.3. The lowest BCUT2D eigenvalue weighted by atomic mass is 9.88. The van der Waals surface area contributed by atoms with Crippen LogP contribution in [0.4, 0.5) is 13.6 Å². The topological polar surface area (TPSA) is 93.5 Å². The molecule has 0 saturated carbocycles. The lowest BCUT2D eigenvalue weighted by Gasteiger charge is -2.28. The molecule has 128 valence electrons. The van der Waals surface area contributed by atoms with Crippen molar-refractivity contribution < 1.29 is 23.1 Å². The molecular weight excluding hydrogens is 376 g/mol. The maximum Gasteiger partial charge on any atom is 0.405 e. The summed E-state index contributed by atoms with van der Waals surface area (Å²) in [5, 5.41) is 0. The smallest absolute Gasteiger partial charge is 0.405 e.